The maximum Gasteiger partial charge on any atom is 0.286 e. The number of hydrogen-bond donors (Lipinski definition) is 2. The molecular formula is C10H16N2O5. The molecule has 1 rings (SSSR count). The fourth-order valence-corrected chi connectivity index (χ4v) is 1.37. The zero-order valence-corrected chi connectivity index (χ0v) is 9.68. The van der Waals surface area contributed by atoms with Crippen LogP contribution in [0.2, 0.25) is 0 Å². The van der Waals surface area contributed by atoms with Crippen molar-refractivity contribution in [3.63, 3.8) is 0 Å². The van der Waals surface area contributed by atoms with Crippen molar-refractivity contribution in [2.24, 2.45) is 0 Å². The smallest absolute Gasteiger partial charge is 0.286 e. The largest absolute Gasteiger partial charge is 0.394 e. The van der Waals surface area contributed by atoms with E-state index >= 15 is 0 Å². The van der Waals surface area contributed by atoms with Gasteiger partial charge in [0.05, 0.1) is 23.8 Å². The highest BCUT2D eigenvalue weighted by Crippen LogP contribution is 2.18. The van der Waals surface area contributed by atoms with Crippen LogP contribution in [-0.2, 0) is 4.74 Å². The first-order chi connectivity index (χ1) is 7.95. The summed E-state index contributed by atoms with van der Waals surface area (Å²) in [5.41, 5.74) is -0.0296. The lowest BCUT2D eigenvalue weighted by atomic mass is 10.2. The van der Waals surface area contributed by atoms with E-state index in [-0.39, 0.29) is 12.3 Å². The predicted octanol–water partition coefficient (Wildman–Crippen LogP) is 0.673. The van der Waals surface area contributed by atoms with Crippen LogP contribution in [0.5, 0.6) is 0 Å². The molecule has 0 bridgehead atoms. The molecule has 96 valence electrons. The molecule has 1 heterocycles. The zero-order valence-electron chi connectivity index (χ0n) is 9.68. The van der Waals surface area contributed by atoms with Crippen LogP contribution in [0.4, 0.5) is 5.69 Å². The van der Waals surface area contributed by atoms with E-state index in [0.717, 1.165) is 0 Å². The molecule has 0 aliphatic heterocycles. The molecule has 3 unspecified atom stereocenters. The van der Waals surface area contributed by atoms with Crippen molar-refractivity contribution in [3.8, 4) is 0 Å². The van der Waals surface area contributed by atoms with Crippen molar-refractivity contribution in [2.45, 2.75) is 32.3 Å². The van der Waals surface area contributed by atoms with Gasteiger partial charge in [-0.2, -0.15) is 0 Å². The zero-order chi connectivity index (χ0) is 13.0. The molecule has 0 saturated carbocycles. The summed E-state index contributed by atoms with van der Waals surface area (Å²) in [4.78, 5) is 10.00. The molecule has 0 radical (unpaired) electrons. The third-order valence-electron chi connectivity index (χ3n) is 2.42. The molecule has 17 heavy (non-hydrogen) atoms. The Morgan fingerprint density at radius 2 is 2.24 bits per heavy atom. The molecule has 7 nitrogen and oxygen atoms in total. The van der Waals surface area contributed by atoms with Gasteiger partial charge in [-0.25, -0.2) is 0 Å². The molecule has 0 saturated heterocycles. The van der Waals surface area contributed by atoms with Crippen molar-refractivity contribution in [1.82, 2.24) is 4.57 Å². The van der Waals surface area contributed by atoms with E-state index in [1.807, 2.05) is 0 Å². The molecule has 0 aromatic carbocycles. The summed E-state index contributed by atoms with van der Waals surface area (Å²) in [6.45, 7) is 2.87. The van der Waals surface area contributed by atoms with Crippen molar-refractivity contribution in [1.29, 1.82) is 0 Å². The highest BCUT2D eigenvalue weighted by molar-refractivity contribution is 5.25. The van der Waals surface area contributed by atoms with Gasteiger partial charge in [0, 0.05) is 12.3 Å². The van der Waals surface area contributed by atoms with Gasteiger partial charge in [-0.1, -0.05) is 0 Å². The Morgan fingerprint density at radius 3 is 2.65 bits per heavy atom. The SMILES string of the molecule is CC(O)C(CO)OC(C)n1ccc([N+](=O)[O-])c1. The van der Waals surface area contributed by atoms with Gasteiger partial charge in [-0.3, -0.25) is 10.1 Å². The van der Waals surface area contributed by atoms with E-state index in [4.69, 9.17) is 9.84 Å². The third-order valence-corrected chi connectivity index (χ3v) is 2.42. The van der Waals surface area contributed by atoms with E-state index in [1.54, 1.807) is 6.92 Å². The topological polar surface area (TPSA) is 97.8 Å². The van der Waals surface area contributed by atoms with Crippen molar-refractivity contribution in [3.05, 3.63) is 28.6 Å². The molecule has 0 amide bonds. The fourth-order valence-electron chi connectivity index (χ4n) is 1.37. The Bertz CT molecular complexity index is 377. The van der Waals surface area contributed by atoms with Crippen LogP contribution in [0.15, 0.2) is 18.5 Å². The summed E-state index contributed by atoms with van der Waals surface area (Å²) in [6, 6.07) is 1.36. The van der Waals surface area contributed by atoms with Crippen LogP contribution in [0, 0.1) is 10.1 Å². The number of hydrogen-bond acceptors (Lipinski definition) is 5. The maximum absolute atomic E-state index is 10.5. The van der Waals surface area contributed by atoms with Crippen LogP contribution in [0.1, 0.15) is 20.1 Å². The van der Waals surface area contributed by atoms with Gasteiger partial charge in [0.25, 0.3) is 5.69 Å². The number of aromatic nitrogens is 1. The second-order valence-electron chi connectivity index (χ2n) is 3.77. The Morgan fingerprint density at radius 1 is 1.59 bits per heavy atom. The molecule has 1 aromatic heterocycles. The lowest BCUT2D eigenvalue weighted by Crippen LogP contribution is -2.32. The second-order valence-corrected chi connectivity index (χ2v) is 3.77. The van der Waals surface area contributed by atoms with Gasteiger partial charge in [-0.05, 0) is 13.8 Å². The van der Waals surface area contributed by atoms with Crippen LogP contribution < -0.4 is 0 Å². The van der Waals surface area contributed by atoms with Crippen molar-refractivity contribution < 1.29 is 19.9 Å². The molecular weight excluding hydrogens is 228 g/mol. The summed E-state index contributed by atoms with van der Waals surface area (Å²) in [6.07, 6.45) is 0.815. The van der Waals surface area contributed by atoms with Gasteiger partial charge in [0.1, 0.15) is 12.3 Å². The lowest BCUT2D eigenvalue weighted by Gasteiger charge is -2.23. The second kappa shape index (κ2) is 5.76. The molecule has 3 atom stereocenters. The number of nitro groups is 1. The Hall–Kier alpha value is -1.44. The standard InChI is InChI=1S/C10H16N2O5/c1-7(14)10(6-13)17-8(2)11-4-3-9(5-11)12(15)16/h3-5,7-8,10,13-14H,6H2,1-2H3. The van der Waals surface area contributed by atoms with E-state index in [1.165, 1.54) is 30.0 Å². The van der Waals surface area contributed by atoms with E-state index < -0.39 is 23.4 Å². The Balaban J connectivity index is 2.68. The number of rotatable bonds is 6. The summed E-state index contributed by atoms with van der Waals surface area (Å²) in [7, 11) is 0. The molecule has 1 aromatic rings. The minimum Gasteiger partial charge on any atom is -0.394 e. The molecule has 2 N–H and O–H groups in total. The van der Waals surface area contributed by atoms with Gasteiger partial charge < -0.3 is 19.5 Å². The molecule has 0 spiro atoms. The van der Waals surface area contributed by atoms with E-state index in [0.29, 0.717) is 0 Å². The Labute approximate surface area is 98.4 Å². The Kier molecular flexibility index (Phi) is 4.62. The summed E-state index contributed by atoms with van der Waals surface area (Å²) < 4.78 is 6.88. The molecule has 7 heteroatoms. The van der Waals surface area contributed by atoms with Gasteiger partial charge in [-0.15, -0.1) is 0 Å². The highest BCUT2D eigenvalue weighted by Gasteiger charge is 2.19. The first-order valence-electron chi connectivity index (χ1n) is 5.22. The quantitative estimate of drug-likeness (QED) is 0.566. The van der Waals surface area contributed by atoms with Gasteiger partial charge in [0.15, 0.2) is 0 Å². The van der Waals surface area contributed by atoms with Crippen molar-refractivity contribution in [2.75, 3.05) is 6.61 Å². The fraction of sp³-hybridized carbons (Fsp3) is 0.600. The number of aliphatic hydroxyl groups excluding tert-OH is 2. The first-order valence-corrected chi connectivity index (χ1v) is 5.22. The van der Waals surface area contributed by atoms with Crippen LogP contribution in [0.3, 0.4) is 0 Å². The average Bonchev–Trinajstić information content (AvgIpc) is 2.74. The van der Waals surface area contributed by atoms with Gasteiger partial charge in [0.2, 0.25) is 0 Å². The summed E-state index contributed by atoms with van der Waals surface area (Å²) >= 11 is 0. The monoisotopic (exact) mass is 244 g/mol. The normalized spacial score (nSPS) is 16.5. The van der Waals surface area contributed by atoms with Crippen LogP contribution in [-0.4, -0.2) is 38.5 Å². The van der Waals surface area contributed by atoms with Crippen LogP contribution in [0.25, 0.3) is 0 Å². The van der Waals surface area contributed by atoms with Crippen molar-refractivity contribution >= 4 is 5.69 Å². The maximum atomic E-state index is 10.5. The van der Waals surface area contributed by atoms with E-state index in [2.05, 4.69) is 0 Å². The first kappa shape index (κ1) is 13.6. The summed E-state index contributed by atoms with van der Waals surface area (Å²) in [5, 5.41) is 28.8. The number of nitrogens with zero attached hydrogens (tertiary/aromatic N) is 2. The third kappa shape index (κ3) is 3.52. The summed E-state index contributed by atoms with van der Waals surface area (Å²) in [5.74, 6) is 0. The molecule has 0 fully saturated rings. The number of ether oxygens (including phenoxy) is 1. The highest BCUT2D eigenvalue weighted by atomic mass is 16.6. The minimum atomic E-state index is -0.812. The predicted molar refractivity (Wildman–Crippen MR) is 59.4 cm³/mol. The average molecular weight is 244 g/mol. The number of aliphatic hydroxyl groups is 2. The minimum absolute atomic E-state index is 0.0296. The van der Waals surface area contributed by atoms with Gasteiger partial charge >= 0.3 is 0 Å². The van der Waals surface area contributed by atoms with E-state index in [9.17, 15) is 15.2 Å². The lowest BCUT2D eigenvalue weighted by molar-refractivity contribution is -0.384. The van der Waals surface area contributed by atoms with Crippen LogP contribution >= 0.6 is 0 Å². The molecule has 0 aliphatic carbocycles. The molecule has 0 aliphatic rings.